The molecule has 0 heterocycles. The maximum atomic E-state index is 11.0. The summed E-state index contributed by atoms with van der Waals surface area (Å²) in [6, 6.07) is 0. The largest absolute Gasteiger partial charge is 0.469 e. The van der Waals surface area contributed by atoms with E-state index in [0.29, 0.717) is 6.42 Å². The number of hydrogen-bond donors (Lipinski definition) is 0. The molecule has 0 aromatic heterocycles. The molecule has 0 N–H and O–H groups in total. The highest BCUT2D eigenvalue weighted by atomic mass is 32.2. The molecule has 2 unspecified atom stereocenters. The van der Waals surface area contributed by atoms with E-state index in [1.807, 2.05) is 0 Å². The lowest BCUT2D eigenvalue weighted by Crippen LogP contribution is -1.99. The van der Waals surface area contributed by atoms with Gasteiger partial charge < -0.3 is 4.74 Å². The minimum Gasteiger partial charge on any atom is -0.469 e. The Kier molecular flexibility index (Phi) is 11.1. The second-order valence-corrected chi connectivity index (χ2v) is 7.70. The van der Waals surface area contributed by atoms with Gasteiger partial charge in [0.05, 0.1) is 7.11 Å². The molecule has 0 spiro atoms. The van der Waals surface area contributed by atoms with Crippen LogP contribution in [0.4, 0.5) is 0 Å². The molecule has 0 aliphatic heterocycles. The number of thioether (sulfide) groups is 1. The molecule has 2 nitrogen and oxygen atoms in total. The maximum absolute atomic E-state index is 11.0. The third kappa shape index (κ3) is 10.2. The number of methoxy groups -OCH3 is 1. The van der Waals surface area contributed by atoms with Crippen LogP contribution in [-0.4, -0.2) is 24.1 Å². The second-order valence-electron chi connectivity index (χ2n) is 6.35. The summed E-state index contributed by atoms with van der Waals surface area (Å²) in [6.07, 6.45) is 15.4. The van der Waals surface area contributed by atoms with Gasteiger partial charge in [-0.05, 0) is 37.4 Å². The SMILES string of the molecule is CCCCCCCC1CC1SCCCCCCC(=O)OC. The number of esters is 1. The zero-order valence-electron chi connectivity index (χ0n) is 14.1. The molecule has 21 heavy (non-hydrogen) atoms. The van der Waals surface area contributed by atoms with Gasteiger partial charge in [0.1, 0.15) is 0 Å². The lowest BCUT2D eigenvalue weighted by atomic mass is 10.1. The average molecular weight is 315 g/mol. The maximum Gasteiger partial charge on any atom is 0.305 e. The van der Waals surface area contributed by atoms with E-state index in [1.165, 1.54) is 77.1 Å². The molecule has 0 aromatic rings. The number of rotatable bonds is 14. The van der Waals surface area contributed by atoms with Crippen LogP contribution in [-0.2, 0) is 9.53 Å². The van der Waals surface area contributed by atoms with Gasteiger partial charge in [0, 0.05) is 11.7 Å². The van der Waals surface area contributed by atoms with Gasteiger partial charge in [0.2, 0.25) is 0 Å². The zero-order chi connectivity index (χ0) is 15.3. The monoisotopic (exact) mass is 314 g/mol. The van der Waals surface area contributed by atoms with Crippen molar-refractivity contribution in [2.75, 3.05) is 12.9 Å². The van der Waals surface area contributed by atoms with E-state index < -0.39 is 0 Å². The van der Waals surface area contributed by atoms with Crippen molar-refractivity contribution >= 4 is 17.7 Å². The van der Waals surface area contributed by atoms with Crippen LogP contribution in [0.5, 0.6) is 0 Å². The summed E-state index contributed by atoms with van der Waals surface area (Å²) in [5.74, 6) is 2.29. The van der Waals surface area contributed by atoms with Crippen molar-refractivity contribution in [3.05, 3.63) is 0 Å². The third-order valence-electron chi connectivity index (χ3n) is 4.37. The van der Waals surface area contributed by atoms with Crippen LogP contribution >= 0.6 is 11.8 Å². The molecule has 1 aliphatic carbocycles. The minimum atomic E-state index is -0.0656. The van der Waals surface area contributed by atoms with Crippen LogP contribution in [0, 0.1) is 5.92 Å². The van der Waals surface area contributed by atoms with E-state index in [4.69, 9.17) is 0 Å². The minimum absolute atomic E-state index is 0.0656. The number of carbonyl (C=O) groups is 1. The van der Waals surface area contributed by atoms with Crippen LogP contribution in [0.15, 0.2) is 0 Å². The van der Waals surface area contributed by atoms with E-state index >= 15 is 0 Å². The molecule has 0 saturated heterocycles. The van der Waals surface area contributed by atoms with Crippen molar-refractivity contribution in [1.29, 1.82) is 0 Å². The fraction of sp³-hybridized carbons (Fsp3) is 0.944. The van der Waals surface area contributed by atoms with Crippen molar-refractivity contribution in [3.63, 3.8) is 0 Å². The summed E-state index contributed by atoms with van der Waals surface area (Å²) in [5, 5.41) is 0.978. The molecular weight excluding hydrogens is 280 g/mol. The lowest BCUT2D eigenvalue weighted by Gasteiger charge is -2.03. The van der Waals surface area contributed by atoms with Crippen molar-refractivity contribution in [2.24, 2.45) is 5.92 Å². The zero-order valence-corrected chi connectivity index (χ0v) is 14.9. The number of carbonyl (C=O) groups excluding carboxylic acids is 1. The van der Waals surface area contributed by atoms with E-state index in [2.05, 4.69) is 23.4 Å². The second kappa shape index (κ2) is 12.4. The van der Waals surface area contributed by atoms with Gasteiger partial charge in [-0.3, -0.25) is 4.79 Å². The standard InChI is InChI=1S/C18H34O2S/c1-3-4-5-6-9-12-16-15-17(16)21-14-11-8-7-10-13-18(19)20-2/h16-17H,3-15H2,1-2H3. The van der Waals surface area contributed by atoms with E-state index in [9.17, 15) is 4.79 Å². The van der Waals surface area contributed by atoms with Crippen LogP contribution in [0.3, 0.4) is 0 Å². The first kappa shape index (κ1) is 18.9. The molecule has 0 bridgehead atoms. The first-order valence-electron chi connectivity index (χ1n) is 8.96. The smallest absolute Gasteiger partial charge is 0.305 e. The van der Waals surface area contributed by atoms with E-state index in [0.717, 1.165) is 17.6 Å². The van der Waals surface area contributed by atoms with E-state index in [1.54, 1.807) is 0 Å². The summed E-state index contributed by atoms with van der Waals surface area (Å²) in [5.41, 5.74) is 0. The Balaban J connectivity index is 1.78. The molecule has 1 aliphatic rings. The average Bonchev–Trinajstić information content (AvgIpc) is 3.24. The van der Waals surface area contributed by atoms with Gasteiger partial charge in [-0.25, -0.2) is 0 Å². The first-order valence-corrected chi connectivity index (χ1v) is 10.0. The summed E-state index contributed by atoms with van der Waals surface area (Å²) < 4.78 is 4.64. The van der Waals surface area contributed by atoms with Gasteiger partial charge in [-0.1, -0.05) is 51.9 Å². The van der Waals surface area contributed by atoms with Crippen molar-refractivity contribution in [2.45, 2.75) is 89.2 Å². The molecule has 1 saturated carbocycles. The van der Waals surface area contributed by atoms with Gasteiger partial charge in [-0.2, -0.15) is 11.8 Å². The van der Waals surface area contributed by atoms with Gasteiger partial charge in [0.25, 0.3) is 0 Å². The Morgan fingerprint density at radius 3 is 2.52 bits per heavy atom. The van der Waals surface area contributed by atoms with Gasteiger partial charge in [0.15, 0.2) is 0 Å². The molecule has 2 atom stereocenters. The van der Waals surface area contributed by atoms with Gasteiger partial charge in [-0.15, -0.1) is 0 Å². The third-order valence-corrected chi connectivity index (χ3v) is 5.90. The highest BCUT2D eigenvalue weighted by molar-refractivity contribution is 8.00. The van der Waals surface area contributed by atoms with Crippen molar-refractivity contribution in [1.82, 2.24) is 0 Å². The Hall–Kier alpha value is -0.180. The Morgan fingerprint density at radius 2 is 1.76 bits per heavy atom. The fourth-order valence-electron chi connectivity index (χ4n) is 2.80. The lowest BCUT2D eigenvalue weighted by molar-refractivity contribution is -0.140. The summed E-state index contributed by atoms with van der Waals surface area (Å²) in [6.45, 7) is 2.28. The summed E-state index contributed by atoms with van der Waals surface area (Å²) in [7, 11) is 1.47. The molecule has 0 aromatic carbocycles. The Labute approximate surface area is 135 Å². The summed E-state index contributed by atoms with van der Waals surface area (Å²) in [4.78, 5) is 11.0. The topological polar surface area (TPSA) is 26.3 Å². The quantitative estimate of drug-likeness (QED) is 0.309. The molecule has 0 amide bonds. The number of hydrogen-bond acceptors (Lipinski definition) is 3. The first-order chi connectivity index (χ1) is 10.3. The van der Waals surface area contributed by atoms with Crippen LogP contribution in [0.25, 0.3) is 0 Å². The molecular formula is C18H34O2S. The van der Waals surface area contributed by atoms with Crippen LogP contribution < -0.4 is 0 Å². The molecule has 0 radical (unpaired) electrons. The molecule has 3 heteroatoms. The molecule has 1 fully saturated rings. The predicted molar refractivity (Wildman–Crippen MR) is 92.8 cm³/mol. The Bertz CT molecular complexity index is 268. The van der Waals surface area contributed by atoms with E-state index in [-0.39, 0.29) is 5.97 Å². The molecule has 124 valence electrons. The highest BCUT2D eigenvalue weighted by Gasteiger charge is 2.35. The van der Waals surface area contributed by atoms with Crippen LogP contribution in [0.2, 0.25) is 0 Å². The van der Waals surface area contributed by atoms with Crippen LogP contribution in [0.1, 0.15) is 84.0 Å². The van der Waals surface area contributed by atoms with Gasteiger partial charge >= 0.3 is 5.97 Å². The number of unbranched alkanes of at least 4 members (excludes halogenated alkanes) is 7. The molecule has 1 rings (SSSR count). The highest BCUT2D eigenvalue weighted by Crippen LogP contribution is 2.45. The van der Waals surface area contributed by atoms with Crippen molar-refractivity contribution < 1.29 is 9.53 Å². The van der Waals surface area contributed by atoms with Crippen molar-refractivity contribution in [3.8, 4) is 0 Å². The normalized spacial score (nSPS) is 20.5. The number of ether oxygens (including phenoxy) is 1. The summed E-state index contributed by atoms with van der Waals surface area (Å²) >= 11 is 2.20. The predicted octanol–water partition coefficient (Wildman–Crippen LogP) is 5.59. The Morgan fingerprint density at radius 1 is 1.05 bits per heavy atom. The fourth-order valence-corrected chi connectivity index (χ4v) is 4.26.